The number of para-hydroxylation sites is 1. The molecule has 43 heavy (non-hydrogen) atoms. The van der Waals surface area contributed by atoms with E-state index in [1.807, 2.05) is 19.9 Å². The highest BCUT2D eigenvalue weighted by atomic mass is 31.2. The van der Waals surface area contributed by atoms with Gasteiger partial charge >= 0.3 is 13.7 Å². The molecule has 1 aliphatic rings. The number of aromatic nitrogens is 3. The fourth-order valence-electron chi connectivity index (χ4n) is 4.69. The maximum absolute atomic E-state index is 14.1. The standard InChI is InChI=1S/C28H37N6O8P/c1-4-18(5-2)14-39-27(37)20(6-3)33-43(38,42-19-10-8-7-9-11-19)40-16-28(15-29)25(36)23(35)24(41-28)21-12-13-22-26(30)31-17-32-34(21)22/h7-13,17-18,20,23-25,35-36H,4-6,14,16H2,1-3H3,(H,33,38)(H2,30,31,32)/t20-,23-,24-,25-,28+,43-/m0/s1. The summed E-state index contributed by atoms with van der Waals surface area (Å²) in [5, 5.41) is 38.9. The number of ether oxygens (including phenoxy) is 2. The number of fused-ring (bicyclic) bond motifs is 1. The molecular formula is C28H37N6O8P. The van der Waals surface area contributed by atoms with Crippen LogP contribution >= 0.6 is 7.75 Å². The Bertz CT molecular complexity index is 1480. The first-order valence-corrected chi connectivity index (χ1v) is 15.6. The minimum absolute atomic E-state index is 0.160. The molecule has 0 saturated carbocycles. The van der Waals surface area contributed by atoms with E-state index in [2.05, 4.69) is 15.2 Å². The number of benzene rings is 1. The Labute approximate surface area is 249 Å². The number of carbonyl (C=O) groups excluding carboxylic acids is 1. The normalized spacial score (nSPS) is 24.0. The van der Waals surface area contributed by atoms with Crippen molar-refractivity contribution < 1.29 is 38.1 Å². The predicted octanol–water partition coefficient (Wildman–Crippen LogP) is 2.92. The molecule has 0 unspecified atom stereocenters. The fourth-order valence-corrected chi connectivity index (χ4v) is 6.30. The summed E-state index contributed by atoms with van der Waals surface area (Å²) < 4.78 is 38.3. The molecule has 0 radical (unpaired) electrons. The van der Waals surface area contributed by atoms with Crippen LogP contribution in [0.1, 0.15) is 51.8 Å². The van der Waals surface area contributed by atoms with Crippen LogP contribution in [0, 0.1) is 17.2 Å². The first-order chi connectivity index (χ1) is 20.6. The van der Waals surface area contributed by atoms with E-state index in [1.54, 1.807) is 37.3 Å². The summed E-state index contributed by atoms with van der Waals surface area (Å²) in [6, 6.07) is 12.1. The van der Waals surface area contributed by atoms with E-state index in [1.165, 1.54) is 23.0 Å². The predicted molar refractivity (Wildman–Crippen MR) is 154 cm³/mol. The molecular weight excluding hydrogens is 579 g/mol. The van der Waals surface area contributed by atoms with Crippen molar-refractivity contribution in [3.63, 3.8) is 0 Å². The van der Waals surface area contributed by atoms with Gasteiger partial charge in [0.1, 0.15) is 54.6 Å². The van der Waals surface area contributed by atoms with Gasteiger partial charge in [0.05, 0.1) is 12.3 Å². The van der Waals surface area contributed by atoms with Crippen molar-refractivity contribution in [3.8, 4) is 11.8 Å². The molecule has 5 N–H and O–H groups in total. The lowest BCUT2D eigenvalue weighted by Crippen LogP contribution is -2.46. The molecule has 0 aliphatic carbocycles. The van der Waals surface area contributed by atoms with Crippen LogP contribution in [0.2, 0.25) is 0 Å². The third kappa shape index (κ3) is 6.99. The van der Waals surface area contributed by atoms with Crippen molar-refractivity contribution in [3.05, 3.63) is 54.5 Å². The molecule has 2 aromatic heterocycles. The van der Waals surface area contributed by atoms with Gasteiger partial charge in [-0.1, -0.05) is 51.8 Å². The number of hydrogen-bond acceptors (Lipinski definition) is 12. The zero-order valence-electron chi connectivity index (χ0n) is 24.2. The lowest BCUT2D eigenvalue weighted by atomic mass is 9.96. The van der Waals surface area contributed by atoms with Crippen molar-refractivity contribution in [2.24, 2.45) is 5.92 Å². The molecule has 0 spiro atoms. The van der Waals surface area contributed by atoms with E-state index in [0.29, 0.717) is 11.2 Å². The van der Waals surface area contributed by atoms with Gasteiger partial charge < -0.3 is 29.9 Å². The van der Waals surface area contributed by atoms with Gasteiger partial charge in [-0.05, 0) is 36.6 Å². The number of carbonyl (C=O) groups is 1. The Kier molecular flexibility index (Phi) is 10.4. The minimum atomic E-state index is -4.43. The van der Waals surface area contributed by atoms with Crippen LogP contribution in [0.3, 0.4) is 0 Å². The Morgan fingerprint density at radius 2 is 1.93 bits per heavy atom. The van der Waals surface area contributed by atoms with Gasteiger partial charge in [-0.15, -0.1) is 0 Å². The van der Waals surface area contributed by atoms with E-state index in [-0.39, 0.29) is 30.5 Å². The van der Waals surface area contributed by atoms with Crippen LogP contribution in [0.25, 0.3) is 5.52 Å². The van der Waals surface area contributed by atoms with Crippen molar-refractivity contribution in [2.75, 3.05) is 18.9 Å². The van der Waals surface area contributed by atoms with Gasteiger partial charge in [0.25, 0.3) is 0 Å². The van der Waals surface area contributed by atoms with Gasteiger partial charge in [-0.2, -0.15) is 15.4 Å². The van der Waals surface area contributed by atoms with Crippen molar-refractivity contribution in [1.29, 1.82) is 5.26 Å². The van der Waals surface area contributed by atoms with E-state index >= 15 is 0 Å². The SMILES string of the molecule is CCC(CC)COC(=O)[C@H](CC)N[P@](=O)(OC[C@@]1(C#N)O[C@@H](c2ccc3c(N)ncnn23)[C@H](O)[C@@H]1O)Oc1ccccc1. The second-order valence-corrected chi connectivity index (χ2v) is 11.9. The Balaban J connectivity index is 1.57. The van der Waals surface area contributed by atoms with E-state index in [0.717, 1.165) is 12.8 Å². The number of esters is 1. The number of nitrogens with zero attached hydrogens (tertiary/aromatic N) is 4. The summed E-state index contributed by atoms with van der Waals surface area (Å²) >= 11 is 0. The van der Waals surface area contributed by atoms with Crippen molar-refractivity contribution in [1.82, 2.24) is 19.7 Å². The van der Waals surface area contributed by atoms with Gasteiger partial charge in [0, 0.05) is 0 Å². The maximum atomic E-state index is 14.1. The average molecular weight is 617 g/mol. The van der Waals surface area contributed by atoms with Crippen LogP contribution in [0.5, 0.6) is 5.75 Å². The Morgan fingerprint density at radius 3 is 2.58 bits per heavy atom. The van der Waals surface area contributed by atoms with E-state index < -0.39 is 50.3 Å². The summed E-state index contributed by atoms with van der Waals surface area (Å²) in [6.45, 7) is 5.11. The number of aliphatic hydroxyl groups excluding tert-OH is 2. The quantitative estimate of drug-likeness (QED) is 0.152. The van der Waals surface area contributed by atoms with Crippen molar-refractivity contribution in [2.45, 2.75) is 70.0 Å². The molecule has 15 heteroatoms. The van der Waals surface area contributed by atoms with Gasteiger partial charge in [-0.25, -0.2) is 14.1 Å². The number of aliphatic hydroxyl groups is 2. The number of rotatable bonds is 14. The number of nitrogens with one attached hydrogen (secondary N) is 1. The average Bonchev–Trinajstić information content (AvgIpc) is 3.55. The van der Waals surface area contributed by atoms with Crippen LogP contribution in [0.15, 0.2) is 48.8 Å². The summed E-state index contributed by atoms with van der Waals surface area (Å²) in [4.78, 5) is 16.9. The summed E-state index contributed by atoms with van der Waals surface area (Å²) in [5.41, 5.74) is 4.45. The highest BCUT2D eigenvalue weighted by molar-refractivity contribution is 7.52. The Morgan fingerprint density at radius 1 is 1.21 bits per heavy atom. The maximum Gasteiger partial charge on any atom is 0.459 e. The number of hydrogen-bond donors (Lipinski definition) is 4. The zero-order valence-corrected chi connectivity index (χ0v) is 25.1. The second kappa shape index (κ2) is 13.8. The number of nitriles is 1. The Hall–Kier alpha value is -3.57. The minimum Gasteiger partial charge on any atom is -0.464 e. The largest absolute Gasteiger partial charge is 0.464 e. The molecule has 0 amide bonds. The molecule has 1 aliphatic heterocycles. The topological polar surface area (TPSA) is 204 Å². The highest BCUT2D eigenvalue weighted by Crippen LogP contribution is 2.48. The molecule has 4 rings (SSSR count). The molecule has 3 heterocycles. The van der Waals surface area contributed by atoms with Gasteiger partial charge in [-0.3, -0.25) is 9.32 Å². The third-order valence-corrected chi connectivity index (χ3v) is 9.03. The molecule has 0 bridgehead atoms. The van der Waals surface area contributed by atoms with Crippen LogP contribution in [-0.2, 0) is 23.4 Å². The lowest BCUT2D eigenvalue weighted by molar-refractivity contribution is -0.147. The summed E-state index contributed by atoms with van der Waals surface area (Å²) in [6.07, 6.45) is -1.56. The van der Waals surface area contributed by atoms with Crippen LogP contribution in [0.4, 0.5) is 5.82 Å². The van der Waals surface area contributed by atoms with Crippen LogP contribution < -0.4 is 15.3 Å². The second-order valence-electron chi connectivity index (χ2n) is 10.3. The van der Waals surface area contributed by atoms with E-state index in [9.17, 15) is 24.8 Å². The highest BCUT2D eigenvalue weighted by Gasteiger charge is 2.57. The zero-order chi connectivity index (χ0) is 31.2. The molecule has 14 nitrogen and oxygen atoms in total. The van der Waals surface area contributed by atoms with Crippen molar-refractivity contribution >= 4 is 25.1 Å². The lowest BCUT2D eigenvalue weighted by Gasteiger charge is -2.29. The molecule has 1 saturated heterocycles. The van der Waals surface area contributed by atoms with E-state index in [4.69, 9.17) is 24.3 Å². The van der Waals surface area contributed by atoms with Crippen LogP contribution in [-0.4, -0.2) is 67.8 Å². The summed E-state index contributed by atoms with van der Waals surface area (Å²) in [7, 11) is -4.43. The molecule has 3 aromatic rings. The van der Waals surface area contributed by atoms with Gasteiger partial charge in [0.2, 0.25) is 5.60 Å². The number of anilines is 1. The smallest absolute Gasteiger partial charge is 0.459 e. The molecule has 232 valence electrons. The molecule has 6 atom stereocenters. The number of nitrogens with two attached hydrogens (primary N) is 1. The first-order valence-electron chi connectivity index (χ1n) is 14.1. The fraction of sp³-hybridized carbons (Fsp3) is 0.500. The first kappa shape index (κ1) is 32.3. The number of nitrogen functional groups attached to an aromatic ring is 1. The van der Waals surface area contributed by atoms with Gasteiger partial charge in [0.15, 0.2) is 5.82 Å². The molecule has 1 aromatic carbocycles. The molecule has 1 fully saturated rings. The third-order valence-electron chi connectivity index (χ3n) is 7.48. The monoisotopic (exact) mass is 616 g/mol. The summed E-state index contributed by atoms with van der Waals surface area (Å²) in [5.74, 6) is -0.120.